The fourth-order valence-electron chi connectivity index (χ4n) is 1.86. The summed E-state index contributed by atoms with van der Waals surface area (Å²) in [6.07, 6.45) is 1.45. The first-order chi connectivity index (χ1) is 9.08. The smallest absolute Gasteiger partial charge is 0.341 e. The third-order valence-corrected chi connectivity index (χ3v) is 3.14. The third kappa shape index (κ3) is 2.60. The van der Waals surface area contributed by atoms with E-state index in [-0.39, 0.29) is 0 Å². The van der Waals surface area contributed by atoms with Gasteiger partial charge in [-0.15, -0.1) is 0 Å². The molecule has 0 amide bonds. The highest BCUT2D eigenvalue weighted by Crippen LogP contribution is 2.33. The summed E-state index contributed by atoms with van der Waals surface area (Å²) in [5.74, 6) is -0.433. The van der Waals surface area contributed by atoms with E-state index >= 15 is 0 Å². The van der Waals surface area contributed by atoms with Crippen LogP contribution in [0, 0.1) is 0 Å². The summed E-state index contributed by atoms with van der Waals surface area (Å²) < 4.78 is 4.99. The molecule has 4 nitrogen and oxygen atoms in total. The number of halogens is 2. The van der Waals surface area contributed by atoms with Crippen LogP contribution < -0.4 is 5.32 Å². The van der Waals surface area contributed by atoms with Gasteiger partial charge >= 0.3 is 5.97 Å². The molecule has 0 spiro atoms. The van der Waals surface area contributed by atoms with Crippen LogP contribution in [0.5, 0.6) is 0 Å². The van der Waals surface area contributed by atoms with Gasteiger partial charge in [0.05, 0.1) is 22.8 Å². The Hall–Kier alpha value is -1.52. The molecule has 100 valence electrons. The van der Waals surface area contributed by atoms with Crippen molar-refractivity contribution in [1.29, 1.82) is 0 Å². The predicted octanol–water partition coefficient (Wildman–Crippen LogP) is 3.76. The number of nitrogens with one attached hydrogen (secondary N) is 1. The maximum Gasteiger partial charge on any atom is 0.341 e. The van der Waals surface area contributed by atoms with E-state index < -0.39 is 5.97 Å². The molecular weight excluding hydrogens is 287 g/mol. The molecule has 1 heterocycles. The average molecular weight is 299 g/mol. The summed E-state index contributed by atoms with van der Waals surface area (Å²) in [6, 6.07) is 3.33. The molecule has 0 aliphatic rings. The minimum atomic E-state index is -0.433. The molecule has 19 heavy (non-hydrogen) atoms. The number of fused-ring (bicyclic) bond motifs is 1. The van der Waals surface area contributed by atoms with Crippen molar-refractivity contribution >= 4 is 45.8 Å². The van der Waals surface area contributed by atoms with Crippen molar-refractivity contribution in [1.82, 2.24) is 4.98 Å². The average Bonchev–Trinajstić information content (AvgIpc) is 2.37. The van der Waals surface area contributed by atoms with Gasteiger partial charge in [-0.25, -0.2) is 4.79 Å². The Morgan fingerprint density at radius 1 is 1.42 bits per heavy atom. The van der Waals surface area contributed by atoms with E-state index in [0.29, 0.717) is 38.8 Å². The summed E-state index contributed by atoms with van der Waals surface area (Å²) in [6.45, 7) is 2.05. The van der Waals surface area contributed by atoms with Gasteiger partial charge < -0.3 is 10.1 Å². The lowest BCUT2D eigenvalue weighted by Gasteiger charge is -2.12. The molecule has 1 aromatic carbocycles. The maximum absolute atomic E-state index is 11.9. The lowest BCUT2D eigenvalue weighted by atomic mass is 10.1. The minimum absolute atomic E-state index is 0.302. The summed E-state index contributed by atoms with van der Waals surface area (Å²) in [4.78, 5) is 16.1. The van der Waals surface area contributed by atoms with Crippen LogP contribution in [-0.4, -0.2) is 24.6 Å². The Bertz CT molecular complexity index is 644. The number of rotatable bonds is 3. The fourth-order valence-corrected chi connectivity index (χ4v) is 2.40. The van der Waals surface area contributed by atoms with E-state index in [4.69, 9.17) is 27.9 Å². The Balaban J connectivity index is 2.72. The largest absolute Gasteiger partial charge is 0.462 e. The molecule has 2 rings (SSSR count). The van der Waals surface area contributed by atoms with Crippen LogP contribution in [0.2, 0.25) is 10.0 Å². The van der Waals surface area contributed by atoms with Gasteiger partial charge in [0, 0.05) is 23.7 Å². The molecule has 0 atom stereocenters. The zero-order valence-corrected chi connectivity index (χ0v) is 12.0. The third-order valence-electron chi connectivity index (χ3n) is 2.63. The second-order valence-corrected chi connectivity index (χ2v) is 4.64. The highest BCUT2D eigenvalue weighted by molar-refractivity contribution is 6.38. The Kier molecular flexibility index (Phi) is 4.12. The summed E-state index contributed by atoms with van der Waals surface area (Å²) in [5.41, 5.74) is 1.55. The molecular formula is C13H12Cl2N2O2. The molecule has 0 fully saturated rings. The summed E-state index contributed by atoms with van der Waals surface area (Å²) >= 11 is 12.1. The van der Waals surface area contributed by atoms with E-state index in [1.54, 1.807) is 26.1 Å². The Labute approximate surface area is 120 Å². The van der Waals surface area contributed by atoms with Crippen LogP contribution >= 0.6 is 23.2 Å². The van der Waals surface area contributed by atoms with Crippen molar-refractivity contribution in [3.63, 3.8) is 0 Å². The first kappa shape index (κ1) is 13.9. The van der Waals surface area contributed by atoms with Gasteiger partial charge in [0.15, 0.2) is 0 Å². The minimum Gasteiger partial charge on any atom is -0.462 e. The monoisotopic (exact) mass is 298 g/mol. The van der Waals surface area contributed by atoms with Crippen molar-refractivity contribution in [2.45, 2.75) is 6.92 Å². The molecule has 0 unspecified atom stereocenters. The van der Waals surface area contributed by atoms with E-state index in [1.165, 1.54) is 6.20 Å². The second-order valence-electron chi connectivity index (χ2n) is 3.80. The first-order valence-electron chi connectivity index (χ1n) is 5.71. The summed E-state index contributed by atoms with van der Waals surface area (Å²) in [5, 5.41) is 4.58. The normalized spacial score (nSPS) is 10.5. The quantitative estimate of drug-likeness (QED) is 0.877. The van der Waals surface area contributed by atoms with Gasteiger partial charge in [-0.3, -0.25) is 4.98 Å². The molecule has 0 aliphatic carbocycles. The van der Waals surface area contributed by atoms with Crippen molar-refractivity contribution in [2.75, 3.05) is 19.0 Å². The van der Waals surface area contributed by atoms with Crippen LogP contribution in [0.25, 0.3) is 10.9 Å². The Morgan fingerprint density at radius 2 is 2.16 bits per heavy atom. The summed E-state index contributed by atoms with van der Waals surface area (Å²) in [7, 11) is 1.71. The van der Waals surface area contributed by atoms with Gasteiger partial charge in [-0.05, 0) is 19.1 Å². The number of carbonyl (C=O) groups is 1. The van der Waals surface area contributed by atoms with Crippen molar-refractivity contribution in [3.05, 3.63) is 33.9 Å². The topological polar surface area (TPSA) is 51.2 Å². The van der Waals surface area contributed by atoms with Gasteiger partial charge in [-0.1, -0.05) is 23.2 Å². The molecule has 6 heteroatoms. The predicted molar refractivity (Wildman–Crippen MR) is 77.3 cm³/mol. The second kappa shape index (κ2) is 5.63. The SMILES string of the molecule is CCOC(=O)c1cnc2c(Cl)cc(Cl)cc2c1NC. The van der Waals surface area contributed by atoms with Crippen LogP contribution in [-0.2, 0) is 4.74 Å². The van der Waals surface area contributed by atoms with Crippen molar-refractivity contribution in [2.24, 2.45) is 0 Å². The van der Waals surface area contributed by atoms with Gasteiger partial charge in [0.25, 0.3) is 0 Å². The molecule has 0 radical (unpaired) electrons. The molecule has 0 saturated heterocycles. The van der Waals surface area contributed by atoms with Crippen molar-refractivity contribution < 1.29 is 9.53 Å². The standard InChI is InChI=1S/C13H12Cl2N2O2/c1-3-19-13(18)9-6-17-12-8(11(9)16-2)4-7(14)5-10(12)15/h4-6H,3H2,1-2H3,(H,16,17). The number of esters is 1. The molecule has 1 aromatic heterocycles. The number of anilines is 1. The molecule has 2 aromatic rings. The molecule has 0 saturated carbocycles. The Morgan fingerprint density at radius 3 is 2.79 bits per heavy atom. The zero-order chi connectivity index (χ0) is 14.0. The number of hydrogen-bond acceptors (Lipinski definition) is 4. The highest BCUT2D eigenvalue weighted by atomic mass is 35.5. The van der Waals surface area contributed by atoms with Crippen LogP contribution in [0.1, 0.15) is 17.3 Å². The maximum atomic E-state index is 11.9. The number of nitrogens with zero attached hydrogens (tertiary/aromatic N) is 1. The number of carbonyl (C=O) groups excluding carboxylic acids is 1. The number of pyridine rings is 1. The van der Waals surface area contributed by atoms with Gasteiger partial charge in [0.2, 0.25) is 0 Å². The van der Waals surface area contributed by atoms with E-state index in [2.05, 4.69) is 10.3 Å². The number of ether oxygens (including phenoxy) is 1. The molecule has 0 aliphatic heterocycles. The van der Waals surface area contributed by atoms with Crippen LogP contribution in [0.15, 0.2) is 18.3 Å². The van der Waals surface area contributed by atoms with Crippen LogP contribution in [0.3, 0.4) is 0 Å². The fraction of sp³-hybridized carbons (Fsp3) is 0.231. The van der Waals surface area contributed by atoms with Gasteiger partial charge in [0.1, 0.15) is 5.56 Å². The molecule has 1 N–H and O–H groups in total. The first-order valence-corrected chi connectivity index (χ1v) is 6.46. The number of aromatic nitrogens is 1. The van der Waals surface area contributed by atoms with E-state index in [9.17, 15) is 4.79 Å². The lowest BCUT2D eigenvalue weighted by molar-refractivity contribution is 0.0527. The van der Waals surface area contributed by atoms with Crippen LogP contribution in [0.4, 0.5) is 5.69 Å². The zero-order valence-electron chi connectivity index (χ0n) is 10.5. The highest BCUT2D eigenvalue weighted by Gasteiger charge is 2.17. The number of hydrogen-bond donors (Lipinski definition) is 1. The lowest BCUT2D eigenvalue weighted by Crippen LogP contribution is -2.09. The van der Waals surface area contributed by atoms with E-state index in [0.717, 1.165) is 0 Å². The van der Waals surface area contributed by atoms with E-state index in [1.807, 2.05) is 0 Å². The molecule has 0 bridgehead atoms. The van der Waals surface area contributed by atoms with Gasteiger partial charge in [-0.2, -0.15) is 0 Å². The number of benzene rings is 1. The van der Waals surface area contributed by atoms with Crippen molar-refractivity contribution in [3.8, 4) is 0 Å².